The first-order chi connectivity index (χ1) is 5.52. The molecule has 0 rings (SSSR count). The molecule has 1 unspecified atom stereocenters. The summed E-state index contributed by atoms with van der Waals surface area (Å²) in [7, 11) is 0. The molecule has 1 atom stereocenters. The van der Waals surface area contributed by atoms with Crippen LogP contribution >= 0.6 is 15.9 Å². The van der Waals surface area contributed by atoms with E-state index in [1.54, 1.807) is 0 Å². The fourth-order valence-electron chi connectivity index (χ4n) is 1.00. The molecule has 0 aromatic heterocycles. The maximum absolute atomic E-state index is 5.67. The molecular formula is C9H19Br3MgO2. The Hall–Kier alpha value is 2.13. The van der Waals surface area contributed by atoms with Crippen molar-refractivity contribution in [3.63, 3.8) is 0 Å². The van der Waals surface area contributed by atoms with Crippen molar-refractivity contribution in [1.82, 2.24) is 0 Å². The van der Waals surface area contributed by atoms with Crippen LogP contribution in [0.25, 0.3) is 0 Å². The van der Waals surface area contributed by atoms with E-state index < -0.39 is 0 Å². The first kappa shape index (κ1) is 25.8. The summed E-state index contributed by atoms with van der Waals surface area (Å²) in [4.78, 5) is 0. The van der Waals surface area contributed by atoms with Gasteiger partial charge in [0.05, 0.1) is 5.60 Å². The fraction of sp³-hybridized carbons (Fsp3) is 1.00. The summed E-state index contributed by atoms with van der Waals surface area (Å²) in [5.74, 6) is 0. The van der Waals surface area contributed by atoms with E-state index in [4.69, 9.17) is 9.47 Å². The van der Waals surface area contributed by atoms with Crippen LogP contribution in [-0.4, -0.2) is 46.9 Å². The monoisotopic (exact) mass is 420 g/mol. The number of halogens is 3. The Bertz CT molecular complexity index is 126. The molecular weight excluding hydrogens is 404 g/mol. The Kier molecular flexibility index (Phi) is 24.5. The molecule has 90 valence electrons. The topological polar surface area (TPSA) is 18.5 Å². The van der Waals surface area contributed by atoms with Gasteiger partial charge in [-0.3, -0.25) is 0 Å². The summed E-state index contributed by atoms with van der Waals surface area (Å²) in [5, 5.41) is 0.957. The van der Waals surface area contributed by atoms with Gasteiger partial charge < -0.3 is 43.4 Å². The van der Waals surface area contributed by atoms with Crippen LogP contribution < -0.4 is 34.0 Å². The van der Waals surface area contributed by atoms with Crippen LogP contribution in [0.3, 0.4) is 0 Å². The van der Waals surface area contributed by atoms with Gasteiger partial charge in [0.2, 0.25) is 0 Å². The Labute approximate surface area is 139 Å². The SMILES string of the molecule is CCOC(C)OC(C)(C)CCBr.[Br-].[Br-].[Mg+2]. The van der Waals surface area contributed by atoms with Crippen LogP contribution in [0.4, 0.5) is 0 Å². The van der Waals surface area contributed by atoms with E-state index in [0.717, 1.165) is 11.8 Å². The molecule has 0 amide bonds. The van der Waals surface area contributed by atoms with Crippen molar-refractivity contribution in [3.05, 3.63) is 0 Å². The third-order valence-electron chi connectivity index (χ3n) is 1.58. The van der Waals surface area contributed by atoms with Crippen molar-refractivity contribution in [2.24, 2.45) is 0 Å². The molecule has 0 aromatic rings. The molecule has 0 fully saturated rings. The van der Waals surface area contributed by atoms with E-state index in [1.807, 2.05) is 13.8 Å². The van der Waals surface area contributed by atoms with Crippen molar-refractivity contribution in [3.8, 4) is 0 Å². The molecule has 0 saturated heterocycles. The second kappa shape index (κ2) is 14.2. The average Bonchev–Trinajstić information content (AvgIpc) is 1.85. The van der Waals surface area contributed by atoms with Gasteiger partial charge in [0, 0.05) is 11.9 Å². The zero-order chi connectivity index (χ0) is 9.61. The average molecular weight is 423 g/mol. The van der Waals surface area contributed by atoms with Gasteiger partial charge in [-0.15, -0.1) is 0 Å². The molecule has 0 aliphatic heterocycles. The van der Waals surface area contributed by atoms with Gasteiger partial charge in [0.25, 0.3) is 0 Å². The van der Waals surface area contributed by atoms with Gasteiger partial charge in [-0.05, 0) is 34.1 Å². The van der Waals surface area contributed by atoms with E-state index in [2.05, 4.69) is 29.8 Å². The third kappa shape index (κ3) is 16.1. The summed E-state index contributed by atoms with van der Waals surface area (Å²) in [5.41, 5.74) is -0.0991. The zero-order valence-corrected chi connectivity index (χ0v) is 16.0. The molecule has 6 heteroatoms. The van der Waals surface area contributed by atoms with E-state index in [1.165, 1.54) is 0 Å². The predicted molar refractivity (Wildman–Crippen MR) is 60.4 cm³/mol. The van der Waals surface area contributed by atoms with Gasteiger partial charge in [0.1, 0.15) is 0 Å². The fourth-order valence-corrected chi connectivity index (χ4v) is 1.96. The molecule has 0 saturated carbocycles. The van der Waals surface area contributed by atoms with Crippen LogP contribution in [-0.2, 0) is 9.47 Å². The summed E-state index contributed by atoms with van der Waals surface area (Å²) in [6, 6.07) is 0. The van der Waals surface area contributed by atoms with Gasteiger partial charge in [-0.1, -0.05) is 15.9 Å². The second-order valence-electron chi connectivity index (χ2n) is 3.34. The molecule has 0 aliphatic rings. The number of hydrogen-bond acceptors (Lipinski definition) is 2. The van der Waals surface area contributed by atoms with Crippen molar-refractivity contribution >= 4 is 39.0 Å². The summed E-state index contributed by atoms with van der Waals surface area (Å²) >= 11 is 3.39. The normalized spacial score (nSPS) is 11.8. The Balaban J connectivity index is -0.000000202. The molecule has 0 radical (unpaired) electrons. The molecule has 0 spiro atoms. The molecule has 0 heterocycles. The molecule has 0 aliphatic carbocycles. The van der Waals surface area contributed by atoms with Crippen LogP contribution in [0.1, 0.15) is 34.1 Å². The maximum atomic E-state index is 5.67. The maximum Gasteiger partial charge on any atom is 2.00 e. The largest absolute Gasteiger partial charge is 2.00 e. The van der Waals surface area contributed by atoms with Crippen LogP contribution in [0.5, 0.6) is 0 Å². The minimum Gasteiger partial charge on any atom is -1.00 e. The van der Waals surface area contributed by atoms with Gasteiger partial charge in [-0.25, -0.2) is 0 Å². The van der Waals surface area contributed by atoms with E-state index in [-0.39, 0.29) is 68.9 Å². The number of alkyl halides is 1. The standard InChI is InChI=1S/C9H19BrO2.2BrH.Mg/c1-5-11-8(2)12-9(3,4)6-7-10;;;/h8H,5-7H2,1-4H3;2*1H;/q;;;+2/p-2. The van der Waals surface area contributed by atoms with Crippen molar-refractivity contribution in [2.45, 2.75) is 46.0 Å². The Morgan fingerprint density at radius 1 is 1.27 bits per heavy atom. The third-order valence-corrected chi connectivity index (χ3v) is 1.98. The number of rotatable bonds is 6. The quantitative estimate of drug-likeness (QED) is 0.252. The first-order valence-corrected chi connectivity index (χ1v) is 5.49. The number of ether oxygens (including phenoxy) is 2. The van der Waals surface area contributed by atoms with Crippen molar-refractivity contribution in [2.75, 3.05) is 11.9 Å². The van der Waals surface area contributed by atoms with Crippen molar-refractivity contribution < 1.29 is 43.4 Å². The summed E-state index contributed by atoms with van der Waals surface area (Å²) < 4.78 is 11.0. The van der Waals surface area contributed by atoms with E-state index in [9.17, 15) is 0 Å². The summed E-state index contributed by atoms with van der Waals surface area (Å²) in [6.07, 6.45) is 0.883. The van der Waals surface area contributed by atoms with E-state index >= 15 is 0 Å². The van der Waals surface area contributed by atoms with Gasteiger partial charge >= 0.3 is 23.1 Å². The molecule has 0 aromatic carbocycles. The van der Waals surface area contributed by atoms with E-state index in [0.29, 0.717) is 6.61 Å². The first-order valence-electron chi connectivity index (χ1n) is 4.37. The van der Waals surface area contributed by atoms with Crippen LogP contribution in [0, 0.1) is 0 Å². The second-order valence-corrected chi connectivity index (χ2v) is 4.13. The Morgan fingerprint density at radius 3 is 2.07 bits per heavy atom. The van der Waals surface area contributed by atoms with Crippen LogP contribution in [0.15, 0.2) is 0 Å². The zero-order valence-electron chi connectivity index (χ0n) is 9.86. The number of hydrogen-bond donors (Lipinski definition) is 0. The minimum absolute atomic E-state index is 0. The molecule has 0 bridgehead atoms. The predicted octanol–water partition coefficient (Wildman–Crippen LogP) is -3.42. The van der Waals surface area contributed by atoms with Gasteiger partial charge in [0.15, 0.2) is 6.29 Å². The minimum atomic E-state index is -0.107. The molecule has 0 N–H and O–H groups in total. The molecule has 2 nitrogen and oxygen atoms in total. The molecule has 15 heavy (non-hydrogen) atoms. The summed E-state index contributed by atoms with van der Waals surface area (Å²) in [6.45, 7) is 8.75. The Morgan fingerprint density at radius 2 is 1.73 bits per heavy atom. The van der Waals surface area contributed by atoms with Crippen molar-refractivity contribution in [1.29, 1.82) is 0 Å². The van der Waals surface area contributed by atoms with Gasteiger partial charge in [-0.2, -0.15) is 0 Å². The smallest absolute Gasteiger partial charge is 1.00 e. The van der Waals surface area contributed by atoms with Crippen LogP contribution in [0.2, 0.25) is 0 Å².